The van der Waals surface area contributed by atoms with Crippen LogP contribution in [0.3, 0.4) is 0 Å². The van der Waals surface area contributed by atoms with Crippen LogP contribution in [0.5, 0.6) is 0 Å². The van der Waals surface area contributed by atoms with E-state index in [0.29, 0.717) is 17.2 Å². The molecule has 3 rings (SSSR count). The molecule has 0 N–H and O–H groups in total. The van der Waals surface area contributed by atoms with E-state index < -0.39 is 0 Å². The van der Waals surface area contributed by atoms with E-state index in [4.69, 9.17) is 0 Å². The molecule has 4 nitrogen and oxygen atoms in total. The molecule has 2 heterocycles. The van der Waals surface area contributed by atoms with Gasteiger partial charge in [0, 0.05) is 34.3 Å². The van der Waals surface area contributed by atoms with Gasteiger partial charge in [-0.3, -0.25) is 9.59 Å². The Hall–Kier alpha value is -1.53. The van der Waals surface area contributed by atoms with Crippen molar-refractivity contribution in [2.45, 2.75) is 25.9 Å². The summed E-state index contributed by atoms with van der Waals surface area (Å²) in [7, 11) is 1.80. The van der Waals surface area contributed by atoms with Gasteiger partial charge in [0.05, 0.1) is 11.4 Å². The smallest absolute Gasteiger partial charge is 0.256 e. The van der Waals surface area contributed by atoms with Crippen molar-refractivity contribution in [1.29, 1.82) is 0 Å². The SMILES string of the molecule is CC(C)N(C)C(=O)C1CSCN1C(=O)c1csc2ccccc12. The van der Waals surface area contributed by atoms with Crippen molar-refractivity contribution in [2.24, 2.45) is 0 Å². The fraction of sp³-hybridized carbons (Fsp3) is 0.412. The number of thiophene rings is 1. The first-order valence-electron chi connectivity index (χ1n) is 7.62. The number of nitrogens with zero attached hydrogens (tertiary/aromatic N) is 2. The number of thioether (sulfide) groups is 1. The quantitative estimate of drug-likeness (QED) is 0.855. The number of hydrogen-bond donors (Lipinski definition) is 0. The lowest BCUT2D eigenvalue weighted by Gasteiger charge is -2.29. The largest absolute Gasteiger partial charge is 0.342 e. The van der Waals surface area contributed by atoms with E-state index in [-0.39, 0.29) is 23.9 Å². The Morgan fingerprint density at radius 1 is 1.30 bits per heavy atom. The first-order valence-corrected chi connectivity index (χ1v) is 9.65. The van der Waals surface area contributed by atoms with Gasteiger partial charge in [0.25, 0.3) is 5.91 Å². The van der Waals surface area contributed by atoms with Crippen LogP contribution in [-0.2, 0) is 4.79 Å². The number of benzene rings is 1. The number of likely N-dealkylation sites (N-methyl/N-ethyl adjacent to an activating group) is 1. The van der Waals surface area contributed by atoms with Gasteiger partial charge in [-0.25, -0.2) is 0 Å². The summed E-state index contributed by atoms with van der Waals surface area (Å²) in [6.07, 6.45) is 0. The molecule has 2 aromatic rings. The average molecular weight is 348 g/mol. The molecule has 1 unspecified atom stereocenters. The molecule has 0 bridgehead atoms. The summed E-state index contributed by atoms with van der Waals surface area (Å²) < 4.78 is 1.10. The maximum atomic E-state index is 13.0. The molecule has 1 atom stereocenters. The summed E-state index contributed by atoms with van der Waals surface area (Å²) in [4.78, 5) is 29.1. The van der Waals surface area contributed by atoms with Crippen LogP contribution < -0.4 is 0 Å². The van der Waals surface area contributed by atoms with Gasteiger partial charge >= 0.3 is 0 Å². The molecule has 1 aliphatic rings. The molecule has 1 aromatic heterocycles. The Morgan fingerprint density at radius 2 is 2.04 bits per heavy atom. The third kappa shape index (κ3) is 2.97. The lowest BCUT2D eigenvalue weighted by molar-refractivity contribution is -0.135. The van der Waals surface area contributed by atoms with E-state index in [1.54, 1.807) is 39.9 Å². The van der Waals surface area contributed by atoms with E-state index in [9.17, 15) is 9.59 Å². The fourth-order valence-corrected chi connectivity index (χ4v) is 4.71. The highest BCUT2D eigenvalue weighted by Crippen LogP contribution is 2.30. The monoisotopic (exact) mass is 348 g/mol. The topological polar surface area (TPSA) is 40.6 Å². The van der Waals surface area contributed by atoms with Crippen molar-refractivity contribution in [3.05, 3.63) is 35.2 Å². The highest BCUT2D eigenvalue weighted by atomic mass is 32.2. The van der Waals surface area contributed by atoms with Crippen LogP contribution in [0.4, 0.5) is 0 Å². The second kappa shape index (κ2) is 6.53. The number of fused-ring (bicyclic) bond motifs is 1. The van der Waals surface area contributed by atoms with Crippen LogP contribution in [0.2, 0.25) is 0 Å². The van der Waals surface area contributed by atoms with E-state index in [1.165, 1.54) is 0 Å². The number of amides is 2. The zero-order valence-electron chi connectivity index (χ0n) is 13.5. The normalized spacial score (nSPS) is 17.9. The Bertz CT molecular complexity index is 741. The first kappa shape index (κ1) is 16.3. The zero-order valence-corrected chi connectivity index (χ0v) is 15.1. The van der Waals surface area contributed by atoms with Gasteiger partial charge < -0.3 is 9.80 Å². The number of hydrogen-bond acceptors (Lipinski definition) is 4. The second-order valence-corrected chi connectivity index (χ2v) is 7.89. The number of carbonyl (C=O) groups is 2. The van der Waals surface area contributed by atoms with Crippen molar-refractivity contribution < 1.29 is 9.59 Å². The molecule has 1 aliphatic heterocycles. The highest BCUT2D eigenvalue weighted by Gasteiger charge is 2.37. The maximum Gasteiger partial charge on any atom is 0.256 e. The molecular formula is C17H20N2O2S2. The van der Waals surface area contributed by atoms with Crippen molar-refractivity contribution in [3.63, 3.8) is 0 Å². The molecule has 0 saturated carbocycles. The van der Waals surface area contributed by atoms with Crippen LogP contribution in [0.1, 0.15) is 24.2 Å². The molecule has 1 aromatic carbocycles. The summed E-state index contributed by atoms with van der Waals surface area (Å²) >= 11 is 3.21. The fourth-order valence-electron chi connectivity index (χ4n) is 2.64. The van der Waals surface area contributed by atoms with Crippen LogP contribution in [-0.4, -0.2) is 52.4 Å². The minimum Gasteiger partial charge on any atom is -0.342 e. The summed E-state index contributed by atoms with van der Waals surface area (Å²) in [6, 6.07) is 7.68. The minimum absolute atomic E-state index is 0.0258. The molecule has 2 amide bonds. The Balaban J connectivity index is 1.88. The van der Waals surface area contributed by atoms with E-state index >= 15 is 0 Å². The van der Waals surface area contributed by atoms with Gasteiger partial charge in [-0.15, -0.1) is 23.1 Å². The zero-order chi connectivity index (χ0) is 16.6. The Labute approximate surface area is 144 Å². The maximum absolute atomic E-state index is 13.0. The highest BCUT2D eigenvalue weighted by molar-refractivity contribution is 7.99. The predicted octanol–water partition coefficient (Wildman–Crippen LogP) is 3.28. The van der Waals surface area contributed by atoms with Crippen molar-refractivity contribution >= 4 is 45.0 Å². The number of rotatable bonds is 3. The average Bonchev–Trinajstić information content (AvgIpc) is 3.19. The van der Waals surface area contributed by atoms with Crippen molar-refractivity contribution in [3.8, 4) is 0 Å². The Kier molecular flexibility index (Phi) is 4.64. The molecule has 23 heavy (non-hydrogen) atoms. The van der Waals surface area contributed by atoms with Crippen LogP contribution in [0.15, 0.2) is 29.6 Å². The van der Waals surface area contributed by atoms with Gasteiger partial charge in [-0.2, -0.15) is 0 Å². The molecule has 0 radical (unpaired) electrons. The lowest BCUT2D eigenvalue weighted by Crippen LogP contribution is -2.49. The molecule has 122 valence electrons. The number of carbonyl (C=O) groups excluding carboxylic acids is 2. The summed E-state index contributed by atoms with van der Waals surface area (Å²) in [5.41, 5.74) is 0.707. The molecule has 0 aliphatic carbocycles. The molecule has 1 saturated heterocycles. The van der Waals surface area contributed by atoms with Gasteiger partial charge in [0.15, 0.2) is 0 Å². The van der Waals surface area contributed by atoms with Gasteiger partial charge in [0.2, 0.25) is 5.91 Å². The summed E-state index contributed by atoms with van der Waals surface area (Å²) in [5.74, 6) is 1.23. The van der Waals surface area contributed by atoms with Gasteiger partial charge in [0.1, 0.15) is 6.04 Å². The van der Waals surface area contributed by atoms with E-state index in [1.807, 2.05) is 43.5 Å². The van der Waals surface area contributed by atoms with E-state index in [0.717, 1.165) is 10.1 Å². The van der Waals surface area contributed by atoms with Gasteiger partial charge in [-0.1, -0.05) is 18.2 Å². The standard InChI is InChI=1S/C17H20N2O2S2/c1-11(2)18(3)17(21)14-9-22-10-19(14)16(20)13-8-23-15-7-5-4-6-12(13)15/h4-8,11,14H,9-10H2,1-3H3. The van der Waals surface area contributed by atoms with Crippen LogP contribution in [0, 0.1) is 0 Å². The third-order valence-corrected chi connectivity index (χ3v) is 6.24. The van der Waals surface area contributed by atoms with Crippen molar-refractivity contribution in [1.82, 2.24) is 9.80 Å². The second-order valence-electron chi connectivity index (χ2n) is 5.98. The molecule has 6 heteroatoms. The summed E-state index contributed by atoms with van der Waals surface area (Å²) in [5, 5.41) is 2.88. The molecule has 1 fully saturated rings. The lowest BCUT2D eigenvalue weighted by atomic mass is 10.1. The van der Waals surface area contributed by atoms with Crippen LogP contribution >= 0.6 is 23.1 Å². The van der Waals surface area contributed by atoms with E-state index in [2.05, 4.69) is 0 Å². The molecule has 0 spiro atoms. The predicted molar refractivity (Wildman–Crippen MR) is 97.0 cm³/mol. The Morgan fingerprint density at radius 3 is 2.78 bits per heavy atom. The minimum atomic E-state index is -0.362. The van der Waals surface area contributed by atoms with Crippen LogP contribution in [0.25, 0.3) is 10.1 Å². The first-order chi connectivity index (χ1) is 11.0. The van der Waals surface area contributed by atoms with Crippen molar-refractivity contribution in [2.75, 3.05) is 18.7 Å². The molecular weight excluding hydrogens is 328 g/mol. The summed E-state index contributed by atoms with van der Waals surface area (Å²) in [6.45, 7) is 3.97. The van der Waals surface area contributed by atoms with Gasteiger partial charge in [-0.05, 0) is 19.9 Å². The third-order valence-electron chi connectivity index (χ3n) is 4.26.